The monoisotopic (exact) mass is 466 g/mol. The second kappa shape index (κ2) is 9.01. The van der Waals surface area contributed by atoms with Gasteiger partial charge in [-0.3, -0.25) is 4.79 Å². The highest BCUT2D eigenvalue weighted by atomic mass is 32.1. The molecule has 0 radical (unpaired) electrons. The van der Waals surface area contributed by atoms with Crippen LogP contribution in [0.2, 0.25) is 0 Å². The summed E-state index contributed by atoms with van der Waals surface area (Å²) < 4.78 is 13.2. The summed E-state index contributed by atoms with van der Waals surface area (Å²) in [4.78, 5) is 29.8. The molecule has 1 aromatic carbocycles. The third-order valence-corrected chi connectivity index (χ3v) is 8.31. The fourth-order valence-electron chi connectivity index (χ4n) is 4.87. The molecule has 0 bridgehead atoms. The van der Waals surface area contributed by atoms with Gasteiger partial charge in [-0.2, -0.15) is 0 Å². The number of nitrogens with zero attached hydrogens (tertiary/aromatic N) is 4. The Morgan fingerprint density at radius 1 is 1.18 bits per heavy atom. The molecule has 3 heterocycles. The molecule has 3 aromatic rings. The lowest BCUT2D eigenvalue weighted by Crippen LogP contribution is -2.49. The van der Waals surface area contributed by atoms with Gasteiger partial charge in [0, 0.05) is 42.5 Å². The van der Waals surface area contributed by atoms with E-state index in [2.05, 4.69) is 25.7 Å². The third kappa shape index (κ3) is 4.23. The first-order chi connectivity index (χ1) is 15.9. The number of thiophene rings is 1. The van der Waals surface area contributed by atoms with Gasteiger partial charge in [-0.05, 0) is 61.4 Å². The van der Waals surface area contributed by atoms with Gasteiger partial charge >= 0.3 is 0 Å². The summed E-state index contributed by atoms with van der Waals surface area (Å²) in [6.07, 6.45) is 4.45. The van der Waals surface area contributed by atoms with Crippen LogP contribution in [-0.4, -0.2) is 47.0 Å². The fraction of sp³-hybridized carbons (Fsp3) is 0.500. The third-order valence-electron chi connectivity index (χ3n) is 7.16. The number of piperazine rings is 1. The van der Waals surface area contributed by atoms with E-state index in [0.29, 0.717) is 24.6 Å². The summed E-state index contributed by atoms with van der Waals surface area (Å²) in [5.41, 5.74) is 1.98. The zero-order valence-corrected chi connectivity index (χ0v) is 20.4. The van der Waals surface area contributed by atoms with Crippen LogP contribution in [0.1, 0.15) is 66.2 Å². The number of hydrogen-bond donors (Lipinski definition) is 0. The van der Waals surface area contributed by atoms with Crippen molar-refractivity contribution in [2.75, 3.05) is 31.1 Å². The second-order valence-electron chi connectivity index (χ2n) is 9.53. The van der Waals surface area contributed by atoms with Crippen LogP contribution >= 0.6 is 11.3 Å². The van der Waals surface area contributed by atoms with E-state index in [0.717, 1.165) is 54.7 Å². The highest BCUT2D eigenvalue weighted by Crippen LogP contribution is 2.42. The number of halogens is 1. The van der Waals surface area contributed by atoms with Crippen molar-refractivity contribution < 1.29 is 9.18 Å². The lowest BCUT2D eigenvalue weighted by molar-refractivity contribution is 0.0746. The van der Waals surface area contributed by atoms with E-state index in [1.807, 2.05) is 16.2 Å². The smallest absolute Gasteiger partial charge is 0.253 e. The van der Waals surface area contributed by atoms with Crippen LogP contribution in [0.4, 0.5) is 10.2 Å². The Balaban J connectivity index is 1.44. The molecule has 5 nitrogen and oxygen atoms in total. The maximum absolute atomic E-state index is 13.2. The number of aromatic nitrogens is 2. The summed E-state index contributed by atoms with van der Waals surface area (Å²) in [6, 6.07) is 5.82. The summed E-state index contributed by atoms with van der Waals surface area (Å²) in [5, 5.41) is 1.24. The first-order valence-electron chi connectivity index (χ1n) is 12.1. The highest BCUT2D eigenvalue weighted by Gasteiger charge is 2.29. The number of aryl methyl sites for hydroxylation is 1. The van der Waals surface area contributed by atoms with Gasteiger partial charge in [-0.1, -0.05) is 20.8 Å². The SMILES string of the molecule is CC[C@H](C)c1nc(N2CCN(C(=O)c3ccc(F)cc3)CC2)c2c3c(sc2n1)C[C@H](C)CC3. The van der Waals surface area contributed by atoms with Gasteiger partial charge in [-0.15, -0.1) is 11.3 Å². The summed E-state index contributed by atoms with van der Waals surface area (Å²) in [7, 11) is 0. The molecule has 33 heavy (non-hydrogen) atoms. The zero-order chi connectivity index (χ0) is 23.1. The zero-order valence-electron chi connectivity index (χ0n) is 19.6. The van der Waals surface area contributed by atoms with Gasteiger partial charge in [0.05, 0.1) is 5.39 Å². The number of carbonyl (C=O) groups excluding carboxylic acids is 1. The summed E-state index contributed by atoms with van der Waals surface area (Å²) in [5.74, 6) is 2.65. The minimum Gasteiger partial charge on any atom is -0.352 e. The molecule has 1 amide bonds. The first kappa shape index (κ1) is 22.3. The average molecular weight is 467 g/mol. The van der Waals surface area contributed by atoms with Gasteiger partial charge in [0.15, 0.2) is 0 Å². The molecule has 1 fully saturated rings. The number of carbonyl (C=O) groups is 1. The molecule has 0 unspecified atom stereocenters. The highest BCUT2D eigenvalue weighted by molar-refractivity contribution is 7.19. The van der Waals surface area contributed by atoms with Crippen molar-refractivity contribution in [3.05, 3.63) is 51.9 Å². The summed E-state index contributed by atoms with van der Waals surface area (Å²) >= 11 is 1.85. The van der Waals surface area contributed by atoms with Crippen molar-refractivity contribution in [2.45, 2.75) is 52.4 Å². The molecule has 1 aliphatic heterocycles. The van der Waals surface area contributed by atoms with Gasteiger partial charge in [0.25, 0.3) is 5.91 Å². The number of anilines is 1. The largest absolute Gasteiger partial charge is 0.352 e. The van der Waals surface area contributed by atoms with Crippen molar-refractivity contribution in [1.29, 1.82) is 0 Å². The molecule has 0 saturated carbocycles. The standard InChI is InChI=1S/C26H31FN4OS/c1-4-17(3)23-28-24(22-20-10-5-16(2)15-21(20)33-25(22)29-23)30-11-13-31(14-12-30)26(32)18-6-8-19(27)9-7-18/h6-9,16-17H,4-5,10-15H2,1-3H3/t16-,17+/m1/s1. The predicted molar refractivity (Wildman–Crippen MR) is 132 cm³/mol. The lowest BCUT2D eigenvalue weighted by Gasteiger charge is -2.36. The number of benzene rings is 1. The van der Waals surface area contributed by atoms with E-state index in [1.54, 1.807) is 12.1 Å². The normalized spacial score (nSPS) is 19.6. The molecular weight excluding hydrogens is 435 g/mol. The van der Waals surface area contributed by atoms with Gasteiger partial charge in [0.2, 0.25) is 0 Å². The van der Waals surface area contributed by atoms with E-state index in [-0.39, 0.29) is 11.7 Å². The second-order valence-corrected chi connectivity index (χ2v) is 10.6. The Hall–Kier alpha value is -2.54. The number of fused-ring (bicyclic) bond motifs is 3. The van der Waals surface area contributed by atoms with Crippen LogP contribution in [0.5, 0.6) is 0 Å². The fourth-order valence-corrected chi connectivity index (χ4v) is 6.25. The van der Waals surface area contributed by atoms with Crippen LogP contribution in [0.25, 0.3) is 10.2 Å². The molecule has 1 aliphatic carbocycles. The Bertz CT molecular complexity index is 1170. The van der Waals surface area contributed by atoms with Crippen molar-refractivity contribution in [3.63, 3.8) is 0 Å². The van der Waals surface area contributed by atoms with E-state index in [1.165, 1.54) is 34.4 Å². The number of amides is 1. The Morgan fingerprint density at radius 3 is 2.61 bits per heavy atom. The van der Waals surface area contributed by atoms with Crippen LogP contribution in [-0.2, 0) is 12.8 Å². The van der Waals surface area contributed by atoms with Gasteiger partial charge < -0.3 is 9.80 Å². The number of hydrogen-bond acceptors (Lipinski definition) is 5. The maximum atomic E-state index is 13.2. The maximum Gasteiger partial charge on any atom is 0.253 e. The molecule has 174 valence electrons. The molecule has 2 aromatic heterocycles. The summed E-state index contributed by atoms with van der Waals surface area (Å²) in [6.45, 7) is 9.44. The van der Waals surface area contributed by atoms with Crippen molar-refractivity contribution >= 4 is 33.3 Å². The first-order valence-corrected chi connectivity index (χ1v) is 12.9. The Kier molecular flexibility index (Phi) is 6.08. The average Bonchev–Trinajstić information content (AvgIpc) is 3.20. The van der Waals surface area contributed by atoms with E-state index >= 15 is 0 Å². The quantitative estimate of drug-likeness (QED) is 0.514. The molecule has 0 spiro atoms. The minimum atomic E-state index is -0.324. The van der Waals surface area contributed by atoms with Crippen molar-refractivity contribution in [3.8, 4) is 0 Å². The topological polar surface area (TPSA) is 49.3 Å². The van der Waals surface area contributed by atoms with Gasteiger partial charge in [0.1, 0.15) is 22.3 Å². The van der Waals surface area contributed by atoms with E-state index < -0.39 is 0 Å². The molecule has 2 atom stereocenters. The lowest BCUT2D eigenvalue weighted by atomic mass is 9.89. The van der Waals surface area contributed by atoms with Gasteiger partial charge in [-0.25, -0.2) is 14.4 Å². The Morgan fingerprint density at radius 2 is 1.91 bits per heavy atom. The molecule has 5 rings (SSSR count). The molecular formula is C26H31FN4OS. The number of rotatable bonds is 4. The van der Waals surface area contributed by atoms with Crippen LogP contribution < -0.4 is 4.90 Å². The van der Waals surface area contributed by atoms with E-state index in [4.69, 9.17) is 9.97 Å². The van der Waals surface area contributed by atoms with Crippen molar-refractivity contribution in [1.82, 2.24) is 14.9 Å². The predicted octanol–water partition coefficient (Wildman–Crippen LogP) is 5.43. The molecule has 0 N–H and O–H groups in total. The van der Waals surface area contributed by atoms with Crippen LogP contribution in [0.3, 0.4) is 0 Å². The molecule has 1 saturated heterocycles. The molecule has 2 aliphatic rings. The minimum absolute atomic E-state index is 0.0373. The van der Waals surface area contributed by atoms with Crippen LogP contribution in [0.15, 0.2) is 24.3 Å². The van der Waals surface area contributed by atoms with Crippen LogP contribution in [0, 0.1) is 11.7 Å². The molecule has 7 heteroatoms. The van der Waals surface area contributed by atoms with E-state index in [9.17, 15) is 9.18 Å². The van der Waals surface area contributed by atoms with Crippen molar-refractivity contribution in [2.24, 2.45) is 5.92 Å². The Labute approximate surface area is 198 Å².